The van der Waals surface area contributed by atoms with E-state index in [1.807, 2.05) is 0 Å². The quantitative estimate of drug-likeness (QED) is 0.883. The van der Waals surface area contributed by atoms with Gasteiger partial charge in [0, 0.05) is 28.8 Å². The van der Waals surface area contributed by atoms with Crippen molar-refractivity contribution in [3.05, 3.63) is 33.8 Å². The van der Waals surface area contributed by atoms with Gasteiger partial charge in [0.1, 0.15) is 17.7 Å². The molecule has 0 spiro atoms. The number of benzene rings is 1. The predicted molar refractivity (Wildman–Crippen MR) is 68.2 cm³/mol. The summed E-state index contributed by atoms with van der Waals surface area (Å²) in [5.74, 6) is -1.82. The SMILES string of the molecule is CC(=O)SCC(O)C(O)c1c(F)cc(F)cc1Br. The number of hydrogen-bond acceptors (Lipinski definition) is 4. The molecular weight excluding hydrogens is 330 g/mol. The highest BCUT2D eigenvalue weighted by Crippen LogP contribution is 2.30. The Morgan fingerprint density at radius 1 is 1.44 bits per heavy atom. The third kappa shape index (κ3) is 4.01. The molecule has 0 bridgehead atoms. The normalized spacial score (nSPS) is 14.3. The minimum absolute atomic E-state index is 0.0272. The molecule has 0 aliphatic rings. The average Bonchev–Trinajstić information content (AvgIpc) is 2.24. The molecule has 100 valence electrons. The van der Waals surface area contributed by atoms with Crippen LogP contribution >= 0.6 is 27.7 Å². The number of rotatable bonds is 4. The van der Waals surface area contributed by atoms with Crippen molar-refractivity contribution in [2.24, 2.45) is 0 Å². The largest absolute Gasteiger partial charge is 0.389 e. The molecule has 2 unspecified atom stereocenters. The molecule has 3 nitrogen and oxygen atoms in total. The third-order valence-corrected chi connectivity index (χ3v) is 3.73. The lowest BCUT2D eigenvalue weighted by Gasteiger charge is -2.19. The molecule has 0 heterocycles. The Morgan fingerprint density at radius 2 is 2.06 bits per heavy atom. The molecule has 1 aromatic carbocycles. The maximum absolute atomic E-state index is 13.5. The van der Waals surface area contributed by atoms with Crippen LogP contribution in [0.2, 0.25) is 0 Å². The van der Waals surface area contributed by atoms with Crippen molar-refractivity contribution in [2.45, 2.75) is 19.1 Å². The molecule has 0 fully saturated rings. The lowest BCUT2D eigenvalue weighted by Crippen LogP contribution is -2.22. The Morgan fingerprint density at radius 3 is 2.56 bits per heavy atom. The fraction of sp³-hybridized carbons (Fsp3) is 0.364. The van der Waals surface area contributed by atoms with Gasteiger partial charge in [-0.3, -0.25) is 4.79 Å². The van der Waals surface area contributed by atoms with E-state index in [1.165, 1.54) is 6.92 Å². The van der Waals surface area contributed by atoms with Crippen molar-refractivity contribution in [3.8, 4) is 0 Å². The van der Waals surface area contributed by atoms with E-state index in [9.17, 15) is 23.8 Å². The molecule has 2 N–H and O–H groups in total. The standard InChI is InChI=1S/C11H11BrF2O3S/c1-5(15)18-4-9(16)11(17)10-7(12)2-6(13)3-8(10)14/h2-3,9,11,16-17H,4H2,1H3. The first kappa shape index (κ1) is 15.6. The van der Waals surface area contributed by atoms with Crippen LogP contribution in [0.1, 0.15) is 18.6 Å². The van der Waals surface area contributed by atoms with Gasteiger partial charge in [-0.05, 0) is 6.07 Å². The summed E-state index contributed by atoms with van der Waals surface area (Å²) in [6.45, 7) is 1.32. The maximum Gasteiger partial charge on any atom is 0.185 e. The fourth-order valence-electron chi connectivity index (χ4n) is 1.32. The Balaban J connectivity index is 2.89. The zero-order valence-corrected chi connectivity index (χ0v) is 11.8. The second-order valence-electron chi connectivity index (χ2n) is 3.60. The summed E-state index contributed by atoms with van der Waals surface area (Å²) >= 11 is 3.74. The van der Waals surface area contributed by atoms with E-state index in [4.69, 9.17) is 0 Å². The molecule has 0 amide bonds. The van der Waals surface area contributed by atoms with Crippen LogP contribution in [0.15, 0.2) is 16.6 Å². The van der Waals surface area contributed by atoms with Crippen molar-refractivity contribution in [2.75, 3.05) is 5.75 Å². The summed E-state index contributed by atoms with van der Waals surface area (Å²) in [6.07, 6.45) is -2.86. The van der Waals surface area contributed by atoms with E-state index < -0.39 is 23.8 Å². The van der Waals surface area contributed by atoms with Crippen LogP contribution in [0, 0.1) is 11.6 Å². The Labute approximate surface area is 115 Å². The summed E-state index contributed by atoms with van der Waals surface area (Å²) in [5.41, 5.74) is -0.229. The molecule has 0 saturated carbocycles. The second-order valence-corrected chi connectivity index (χ2v) is 5.65. The van der Waals surface area contributed by atoms with Gasteiger partial charge < -0.3 is 10.2 Å². The van der Waals surface area contributed by atoms with E-state index in [-0.39, 0.29) is 20.9 Å². The highest BCUT2D eigenvalue weighted by molar-refractivity contribution is 9.10. The Kier molecular flexibility index (Phi) is 5.71. The van der Waals surface area contributed by atoms with Gasteiger partial charge in [0.25, 0.3) is 0 Å². The van der Waals surface area contributed by atoms with Crippen molar-refractivity contribution >= 4 is 32.8 Å². The van der Waals surface area contributed by atoms with Gasteiger partial charge in [-0.15, -0.1) is 0 Å². The molecule has 18 heavy (non-hydrogen) atoms. The minimum atomic E-state index is -1.54. The van der Waals surface area contributed by atoms with Crippen molar-refractivity contribution in [1.82, 2.24) is 0 Å². The van der Waals surface area contributed by atoms with E-state index in [0.717, 1.165) is 17.8 Å². The first-order valence-electron chi connectivity index (χ1n) is 4.97. The number of thioether (sulfide) groups is 1. The molecule has 0 saturated heterocycles. The summed E-state index contributed by atoms with van der Waals surface area (Å²) in [6, 6.07) is 1.61. The summed E-state index contributed by atoms with van der Waals surface area (Å²) in [4.78, 5) is 10.7. The number of carbonyl (C=O) groups excluding carboxylic acids is 1. The van der Waals surface area contributed by atoms with Gasteiger partial charge in [0.15, 0.2) is 5.12 Å². The van der Waals surface area contributed by atoms with E-state index in [0.29, 0.717) is 6.07 Å². The van der Waals surface area contributed by atoms with Gasteiger partial charge in [0.05, 0.1) is 6.10 Å². The van der Waals surface area contributed by atoms with Crippen molar-refractivity contribution < 1.29 is 23.8 Å². The van der Waals surface area contributed by atoms with Crippen LogP contribution in [0.3, 0.4) is 0 Å². The summed E-state index contributed by atoms with van der Waals surface area (Å²) in [7, 11) is 0. The molecule has 0 radical (unpaired) electrons. The Bertz CT molecular complexity index is 433. The lowest BCUT2D eigenvalue weighted by atomic mass is 10.0. The van der Waals surface area contributed by atoms with Crippen molar-refractivity contribution in [1.29, 1.82) is 0 Å². The molecule has 7 heteroatoms. The highest BCUT2D eigenvalue weighted by Gasteiger charge is 2.25. The summed E-state index contributed by atoms with van der Waals surface area (Å²) in [5, 5.41) is 19.2. The van der Waals surface area contributed by atoms with E-state index in [1.54, 1.807) is 0 Å². The van der Waals surface area contributed by atoms with Crippen LogP contribution < -0.4 is 0 Å². The zero-order valence-electron chi connectivity index (χ0n) is 9.36. The Hall–Kier alpha value is -0.500. The van der Waals surface area contributed by atoms with Gasteiger partial charge in [0.2, 0.25) is 0 Å². The van der Waals surface area contributed by atoms with Crippen LogP contribution in [-0.2, 0) is 4.79 Å². The minimum Gasteiger partial charge on any atom is -0.389 e. The molecular formula is C11H11BrF2O3S. The lowest BCUT2D eigenvalue weighted by molar-refractivity contribution is -0.109. The van der Waals surface area contributed by atoms with Crippen LogP contribution in [-0.4, -0.2) is 27.2 Å². The molecule has 0 aliphatic carbocycles. The van der Waals surface area contributed by atoms with Crippen LogP contribution in [0.4, 0.5) is 8.78 Å². The smallest absolute Gasteiger partial charge is 0.185 e. The van der Waals surface area contributed by atoms with Gasteiger partial charge >= 0.3 is 0 Å². The van der Waals surface area contributed by atoms with E-state index in [2.05, 4.69) is 15.9 Å². The number of carbonyl (C=O) groups is 1. The topological polar surface area (TPSA) is 57.5 Å². The number of halogens is 3. The first-order chi connectivity index (χ1) is 8.32. The van der Waals surface area contributed by atoms with Crippen LogP contribution in [0.5, 0.6) is 0 Å². The van der Waals surface area contributed by atoms with Gasteiger partial charge in [-0.2, -0.15) is 0 Å². The summed E-state index contributed by atoms with van der Waals surface area (Å²) < 4.78 is 26.4. The highest BCUT2D eigenvalue weighted by atomic mass is 79.9. The van der Waals surface area contributed by atoms with E-state index >= 15 is 0 Å². The third-order valence-electron chi connectivity index (χ3n) is 2.16. The van der Waals surface area contributed by atoms with Gasteiger partial charge in [-0.25, -0.2) is 8.78 Å². The second kappa shape index (κ2) is 6.60. The van der Waals surface area contributed by atoms with Crippen LogP contribution in [0.25, 0.3) is 0 Å². The molecule has 1 rings (SSSR count). The average molecular weight is 341 g/mol. The number of aliphatic hydroxyl groups is 2. The van der Waals surface area contributed by atoms with Crippen molar-refractivity contribution in [3.63, 3.8) is 0 Å². The fourth-order valence-corrected chi connectivity index (χ4v) is 2.55. The predicted octanol–water partition coefficient (Wildman–Crippen LogP) is 2.40. The number of hydrogen-bond donors (Lipinski definition) is 2. The maximum atomic E-state index is 13.5. The molecule has 0 aromatic heterocycles. The first-order valence-corrected chi connectivity index (χ1v) is 6.74. The molecule has 2 atom stereocenters. The molecule has 0 aliphatic heterocycles. The number of aliphatic hydroxyl groups excluding tert-OH is 2. The molecule has 1 aromatic rings. The van der Waals surface area contributed by atoms with Gasteiger partial charge in [-0.1, -0.05) is 27.7 Å². The zero-order chi connectivity index (χ0) is 13.9. The monoisotopic (exact) mass is 340 g/mol.